The molecule has 0 aliphatic carbocycles. The first-order chi connectivity index (χ1) is 12.7. The zero-order valence-electron chi connectivity index (χ0n) is 14.5. The van der Waals surface area contributed by atoms with Gasteiger partial charge in [0.05, 0.1) is 24.5 Å². The highest BCUT2D eigenvalue weighted by molar-refractivity contribution is 7.99. The van der Waals surface area contributed by atoms with Crippen LogP contribution in [0.15, 0.2) is 51.4 Å². The van der Waals surface area contributed by atoms with Crippen LogP contribution in [-0.4, -0.2) is 40.4 Å². The van der Waals surface area contributed by atoms with Gasteiger partial charge in [-0.1, -0.05) is 30.0 Å². The van der Waals surface area contributed by atoms with Crippen molar-refractivity contribution < 1.29 is 13.9 Å². The van der Waals surface area contributed by atoms with Gasteiger partial charge in [-0.25, -0.2) is 0 Å². The molecule has 6 nitrogen and oxygen atoms in total. The van der Waals surface area contributed by atoms with Crippen molar-refractivity contribution in [1.82, 2.24) is 15.1 Å². The summed E-state index contributed by atoms with van der Waals surface area (Å²) in [6.45, 7) is 3.08. The molecule has 0 saturated carbocycles. The van der Waals surface area contributed by atoms with Gasteiger partial charge in [-0.2, -0.15) is 0 Å². The highest BCUT2D eigenvalue weighted by atomic mass is 32.2. The topological polar surface area (TPSA) is 68.5 Å². The van der Waals surface area contributed by atoms with E-state index < -0.39 is 0 Å². The van der Waals surface area contributed by atoms with Gasteiger partial charge in [0.1, 0.15) is 5.75 Å². The molecule has 0 N–H and O–H groups in total. The van der Waals surface area contributed by atoms with Gasteiger partial charge in [0.25, 0.3) is 11.1 Å². The molecule has 0 saturated heterocycles. The van der Waals surface area contributed by atoms with Gasteiger partial charge in [-0.15, -0.1) is 21.5 Å². The van der Waals surface area contributed by atoms with E-state index in [4.69, 9.17) is 9.15 Å². The normalized spacial score (nSPS) is 10.7. The molecule has 2 heterocycles. The smallest absolute Gasteiger partial charge is 0.277 e. The number of amides is 1. The number of ether oxygens (including phenoxy) is 1. The van der Waals surface area contributed by atoms with Gasteiger partial charge >= 0.3 is 0 Å². The van der Waals surface area contributed by atoms with Crippen LogP contribution < -0.4 is 4.74 Å². The largest absolute Gasteiger partial charge is 0.493 e. The van der Waals surface area contributed by atoms with Gasteiger partial charge in [0, 0.05) is 11.9 Å². The third-order valence-electron chi connectivity index (χ3n) is 3.54. The number of para-hydroxylation sites is 1. The molecule has 2 aromatic heterocycles. The second-order valence-corrected chi connectivity index (χ2v) is 7.38. The minimum Gasteiger partial charge on any atom is -0.493 e. The molecule has 26 heavy (non-hydrogen) atoms. The molecule has 3 aromatic rings. The standard InChI is InChI=1S/C18H19N3O3S2/c1-3-23-15-9-5-4-8-14(15)17-19-20-18(24-17)26-12-16(22)21(2)11-13-7-6-10-25-13/h4-10H,3,11-12H2,1-2H3. The number of rotatable bonds is 8. The summed E-state index contributed by atoms with van der Waals surface area (Å²) >= 11 is 2.87. The van der Waals surface area contributed by atoms with E-state index in [1.807, 2.05) is 48.7 Å². The highest BCUT2D eigenvalue weighted by Gasteiger charge is 2.16. The van der Waals surface area contributed by atoms with Crippen LogP contribution >= 0.6 is 23.1 Å². The number of carbonyl (C=O) groups excluding carboxylic acids is 1. The molecule has 1 amide bonds. The first-order valence-corrected chi connectivity index (χ1v) is 9.98. The summed E-state index contributed by atoms with van der Waals surface area (Å²) in [6, 6.07) is 11.5. The molecular formula is C18H19N3O3S2. The Balaban J connectivity index is 1.59. The van der Waals surface area contributed by atoms with Crippen LogP contribution in [0.5, 0.6) is 5.75 Å². The Labute approximate surface area is 160 Å². The van der Waals surface area contributed by atoms with Gasteiger partial charge in [-0.3, -0.25) is 4.79 Å². The number of carbonyl (C=O) groups is 1. The summed E-state index contributed by atoms with van der Waals surface area (Å²) in [4.78, 5) is 15.1. The van der Waals surface area contributed by atoms with E-state index >= 15 is 0 Å². The predicted molar refractivity (Wildman–Crippen MR) is 102 cm³/mol. The first kappa shape index (κ1) is 18.5. The van der Waals surface area contributed by atoms with Gasteiger partial charge in [0.15, 0.2) is 0 Å². The Hall–Kier alpha value is -2.32. The maximum atomic E-state index is 12.3. The summed E-state index contributed by atoms with van der Waals surface area (Å²) in [5.41, 5.74) is 0.745. The minimum atomic E-state index is 0.0119. The SMILES string of the molecule is CCOc1ccccc1-c1nnc(SCC(=O)N(C)Cc2cccs2)o1. The Morgan fingerprint density at radius 1 is 1.27 bits per heavy atom. The maximum Gasteiger partial charge on any atom is 0.277 e. The summed E-state index contributed by atoms with van der Waals surface area (Å²) in [5, 5.41) is 10.5. The second-order valence-electron chi connectivity index (χ2n) is 5.42. The monoisotopic (exact) mass is 389 g/mol. The highest BCUT2D eigenvalue weighted by Crippen LogP contribution is 2.30. The molecule has 1 aromatic carbocycles. The summed E-state index contributed by atoms with van der Waals surface area (Å²) in [5.74, 6) is 1.34. The zero-order valence-corrected chi connectivity index (χ0v) is 16.2. The summed E-state index contributed by atoms with van der Waals surface area (Å²) < 4.78 is 11.3. The van der Waals surface area contributed by atoms with Crippen molar-refractivity contribution in [2.24, 2.45) is 0 Å². The number of hydrogen-bond donors (Lipinski definition) is 0. The summed E-state index contributed by atoms with van der Waals surface area (Å²) in [7, 11) is 1.79. The van der Waals surface area contributed by atoms with Crippen LogP contribution in [0, 0.1) is 0 Å². The molecule has 0 unspecified atom stereocenters. The van der Waals surface area contributed by atoms with E-state index in [1.165, 1.54) is 11.8 Å². The zero-order chi connectivity index (χ0) is 18.4. The number of thioether (sulfide) groups is 1. The number of hydrogen-bond acceptors (Lipinski definition) is 7. The van der Waals surface area contributed by atoms with Crippen molar-refractivity contribution in [1.29, 1.82) is 0 Å². The molecule has 0 fully saturated rings. The van der Waals surface area contributed by atoms with Crippen molar-refractivity contribution in [3.63, 3.8) is 0 Å². The number of nitrogens with zero attached hydrogens (tertiary/aromatic N) is 3. The van der Waals surface area contributed by atoms with Crippen molar-refractivity contribution in [3.8, 4) is 17.2 Å². The van der Waals surface area contributed by atoms with Crippen LogP contribution in [-0.2, 0) is 11.3 Å². The molecule has 0 aliphatic rings. The third kappa shape index (κ3) is 4.64. The van der Waals surface area contributed by atoms with E-state index in [9.17, 15) is 4.79 Å². The lowest BCUT2D eigenvalue weighted by atomic mass is 10.2. The van der Waals surface area contributed by atoms with E-state index in [0.29, 0.717) is 30.0 Å². The fourth-order valence-corrected chi connectivity index (χ4v) is 3.72. The maximum absolute atomic E-state index is 12.3. The fourth-order valence-electron chi connectivity index (χ4n) is 2.26. The first-order valence-electron chi connectivity index (χ1n) is 8.12. The summed E-state index contributed by atoms with van der Waals surface area (Å²) in [6.07, 6.45) is 0. The molecule has 8 heteroatoms. The van der Waals surface area contributed by atoms with E-state index in [-0.39, 0.29) is 11.7 Å². The molecule has 0 atom stereocenters. The molecule has 0 aliphatic heterocycles. The number of benzene rings is 1. The lowest BCUT2D eigenvalue weighted by molar-refractivity contribution is -0.127. The van der Waals surface area contributed by atoms with Crippen LogP contribution in [0.3, 0.4) is 0 Å². The predicted octanol–water partition coefficient (Wildman–Crippen LogP) is 3.95. The fraction of sp³-hybridized carbons (Fsp3) is 0.278. The second kappa shape index (κ2) is 8.86. The van der Waals surface area contributed by atoms with Crippen molar-refractivity contribution in [2.75, 3.05) is 19.4 Å². The van der Waals surface area contributed by atoms with Gasteiger partial charge in [-0.05, 0) is 30.5 Å². The lowest BCUT2D eigenvalue weighted by Gasteiger charge is -2.15. The van der Waals surface area contributed by atoms with Gasteiger partial charge < -0.3 is 14.1 Å². The Bertz CT molecular complexity index is 849. The number of thiophene rings is 1. The Morgan fingerprint density at radius 3 is 2.88 bits per heavy atom. The molecule has 0 radical (unpaired) electrons. The average molecular weight is 390 g/mol. The van der Waals surface area contributed by atoms with Crippen LogP contribution in [0.1, 0.15) is 11.8 Å². The van der Waals surface area contributed by atoms with Crippen molar-refractivity contribution >= 4 is 29.0 Å². The van der Waals surface area contributed by atoms with Crippen LogP contribution in [0.25, 0.3) is 11.5 Å². The van der Waals surface area contributed by atoms with E-state index in [0.717, 1.165) is 10.4 Å². The van der Waals surface area contributed by atoms with Crippen LogP contribution in [0.2, 0.25) is 0 Å². The quantitative estimate of drug-likeness (QED) is 0.544. The average Bonchev–Trinajstić information content (AvgIpc) is 3.32. The Morgan fingerprint density at radius 2 is 2.12 bits per heavy atom. The molecular weight excluding hydrogens is 370 g/mol. The minimum absolute atomic E-state index is 0.0119. The van der Waals surface area contributed by atoms with Gasteiger partial charge in [0.2, 0.25) is 5.91 Å². The molecule has 136 valence electrons. The molecule has 3 rings (SSSR count). The number of aromatic nitrogens is 2. The molecule has 0 spiro atoms. The van der Waals surface area contributed by atoms with E-state index in [1.54, 1.807) is 23.3 Å². The van der Waals surface area contributed by atoms with Crippen LogP contribution in [0.4, 0.5) is 0 Å². The van der Waals surface area contributed by atoms with Crippen molar-refractivity contribution in [2.45, 2.75) is 18.7 Å². The van der Waals surface area contributed by atoms with Crippen molar-refractivity contribution in [3.05, 3.63) is 46.7 Å². The lowest BCUT2D eigenvalue weighted by Crippen LogP contribution is -2.27. The Kier molecular flexibility index (Phi) is 6.30. The van der Waals surface area contributed by atoms with E-state index in [2.05, 4.69) is 10.2 Å². The third-order valence-corrected chi connectivity index (χ3v) is 5.21. The molecule has 0 bridgehead atoms.